The van der Waals surface area contributed by atoms with Crippen molar-refractivity contribution < 1.29 is 4.79 Å². The van der Waals surface area contributed by atoms with Gasteiger partial charge in [0.05, 0.1) is 0 Å². The van der Waals surface area contributed by atoms with Crippen LogP contribution in [0.1, 0.15) is 26.0 Å². The quantitative estimate of drug-likeness (QED) is 0.590. The van der Waals surface area contributed by atoms with Crippen LogP contribution in [0.5, 0.6) is 0 Å². The summed E-state index contributed by atoms with van der Waals surface area (Å²) in [4.78, 5) is 11.4. The van der Waals surface area contributed by atoms with Crippen molar-refractivity contribution in [3.63, 3.8) is 0 Å². The average Bonchev–Trinajstić information content (AvgIpc) is 2.66. The molecule has 0 aliphatic heterocycles. The minimum atomic E-state index is -0.173. The molecule has 2 N–H and O–H groups in total. The number of rotatable bonds is 5. The highest BCUT2D eigenvalue weighted by molar-refractivity contribution is 5.98. The van der Waals surface area contributed by atoms with Gasteiger partial charge in [-0.1, -0.05) is 31.6 Å². The molecule has 1 aromatic rings. The predicted molar refractivity (Wildman–Crippen MR) is 65.2 cm³/mol. The molecule has 1 rings (SSSR count). The molecular formula is C12H17N3O. The Labute approximate surface area is 95.4 Å². The Morgan fingerprint density at radius 1 is 1.56 bits per heavy atom. The molecule has 86 valence electrons. The monoisotopic (exact) mass is 219 g/mol. The molecule has 4 nitrogen and oxygen atoms in total. The number of H-pyrrole nitrogens is 1. The number of anilines is 1. The summed E-state index contributed by atoms with van der Waals surface area (Å²) < 4.78 is 0. The lowest BCUT2D eigenvalue weighted by Crippen LogP contribution is -2.07. The average molecular weight is 219 g/mol. The van der Waals surface area contributed by atoms with Crippen LogP contribution in [0.2, 0.25) is 0 Å². The summed E-state index contributed by atoms with van der Waals surface area (Å²) >= 11 is 0. The van der Waals surface area contributed by atoms with Crippen molar-refractivity contribution >= 4 is 11.7 Å². The summed E-state index contributed by atoms with van der Waals surface area (Å²) in [5, 5.41) is 9.55. The Bertz CT molecular complexity index is 391. The van der Waals surface area contributed by atoms with E-state index in [-0.39, 0.29) is 5.91 Å². The predicted octanol–water partition coefficient (Wildman–Crippen LogP) is 2.43. The Kier molecular flexibility index (Phi) is 5.05. The van der Waals surface area contributed by atoms with E-state index in [1.165, 1.54) is 6.08 Å². The summed E-state index contributed by atoms with van der Waals surface area (Å²) in [6, 6.07) is 1.85. The molecule has 0 aromatic carbocycles. The van der Waals surface area contributed by atoms with Crippen LogP contribution in [0.25, 0.3) is 0 Å². The minimum Gasteiger partial charge on any atom is -0.306 e. The molecule has 0 atom stereocenters. The van der Waals surface area contributed by atoms with Gasteiger partial charge in [-0.15, -0.1) is 0 Å². The third-order valence-electron chi connectivity index (χ3n) is 1.95. The molecule has 0 saturated heterocycles. The van der Waals surface area contributed by atoms with Gasteiger partial charge < -0.3 is 5.32 Å². The van der Waals surface area contributed by atoms with Crippen molar-refractivity contribution in [1.29, 1.82) is 0 Å². The van der Waals surface area contributed by atoms with Crippen LogP contribution < -0.4 is 5.32 Å². The van der Waals surface area contributed by atoms with Crippen molar-refractivity contribution in [1.82, 2.24) is 10.2 Å². The Balaban J connectivity index is 2.49. The zero-order chi connectivity index (χ0) is 11.8. The first-order valence-electron chi connectivity index (χ1n) is 5.41. The summed E-state index contributed by atoms with van der Waals surface area (Å²) in [6.45, 7) is 3.99. The highest BCUT2D eigenvalue weighted by Gasteiger charge is 2.02. The fourth-order valence-electron chi connectivity index (χ4n) is 1.25. The highest BCUT2D eigenvalue weighted by Crippen LogP contribution is 2.06. The lowest BCUT2D eigenvalue weighted by Gasteiger charge is -1.94. The van der Waals surface area contributed by atoms with Crippen molar-refractivity contribution in [2.24, 2.45) is 0 Å². The van der Waals surface area contributed by atoms with Gasteiger partial charge in [0.1, 0.15) is 0 Å². The molecule has 0 saturated carbocycles. The number of carbonyl (C=O) groups is 1. The molecule has 0 aliphatic rings. The number of aromatic amines is 1. The van der Waals surface area contributed by atoms with Gasteiger partial charge in [0.15, 0.2) is 5.82 Å². The molecule has 0 aliphatic carbocycles. The fourth-order valence-corrected chi connectivity index (χ4v) is 1.25. The molecule has 0 bridgehead atoms. The highest BCUT2D eigenvalue weighted by atomic mass is 16.1. The number of nitrogens with zero attached hydrogens (tertiary/aromatic N) is 1. The van der Waals surface area contributed by atoms with Gasteiger partial charge in [0.25, 0.3) is 0 Å². The lowest BCUT2D eigenvalue weighted by atomic mass is 10.2. The number of aryl methyl sites for hydroxylation is 1. The number of hydrogen-bond acceptors (Lipinski definition) is 2. The van der Waals surface area contributed by atoms with E-state index in [9.17, 15) is 4.79 Å². The number of aromatic nitrogens is 2. The fraction of sp³-hybridized carbons (Fsp3) is 0.333. The van der Waals surface area contributed by atoms with Crippen molar-refractivity contribution in [3.8, 4) is 0 Å². The standard InChI is InChI=1S/C12H17N3O/c1-3-5-6-8-12(16)13-11-9-10(7-4-2)14-15-11/h3,5-6,8-9H,4,7H2,1-2H3,(H2,13,14,15,16)/b5-3+,8-6+. The SMILES string of the molecule is C/C=C/C=C/C(=O)Nc1cc(CCC)[nH]n1. The van der Waals surface area contributed by atoms with Crippen LogP contribution in [0.4, 0.5) is 5.82 Å². The zero-order valence-electron chi connectivity index (χ0n) is 9.66. The van der Waals surface area contributed by atoms with Crippen LogP contribution in [-0.4, -0.2) is 16.1 Å². The second-order valence-electron chi connectivity index (χ2n) is 3.40. The molecule has 0 unspecified atom stereocenters. The molecule has 4 heteroatoms. The Morgan fingerprint density at radius 3 is 3.06 bits per heavy atom. The molecule has 1 amide bonds. The van der Waals surface area contributed by atoms with E-state index in [0.29, 0.717) is 5.82 Å². The minimum absolute atomic E-state index is 0.173. The van der Waals surface area contributed by atoms with E-state index in [2.05, 4.69) is 22.4 Å². The van der Waals surface area contributed by atoms with Crippen molar-refractivity contribution in [3.05, 3.63) is 36.1 Å². The first kappa shape index (κ1) is 12.2. The maximum absolute atomic E-state index is 11.4. The second-order valence-corrected chi connectivity index (χ2v) is 3.40. The van der Waals surface area contributed by atoms with Crippen molar-refractivity contribution in [2.75, 3.05) is 5.32 Å². The van der Waals surface area contributed by atoms with Crippen LogP contribution >= 0.6 is 0 Å². The maximum Gasteiger partial charge on any atom is 0.249 e. The molecule has 0 spiro atoms. The van der Waals surface area contributed by atoms with Gasteiger partial charge in [-0.2, -0.15) is 5.10 Å². The molecule has 16 heavy (non-hydrogen) atoms. The maximum atomic E-state index is 11.4. The summed E-state index contributed by atoms with van der Waals surface area (Å²) in [6.07, 6.45) is 8.81. The smallest absolute Gasteiger partial charge is 0.249 e. The Hall–Kier alpha value is -1.84. The molecule has 0 fully saturated rings. The van der Waals surface area contributed by atoms with Gasteiger partial charge in [-0.3, -0.25) is 9.89 Å². The lowest BCUT2D eigenvalue weighted by molar-refractivity contribution is -0.111. The first-order chi connectivity index (χ1) is 7.76. The number of hydrogen-bond donors (Lipinski definition) is 2. The van der Waals surface area contributed by atoms with E-state index in [1.54, 1.807) is 12.2 Å². The van der Waals surface area contributed by atoms with Crippen LogP contribution in [0.3, 0.4) is 0 Å². The van der Waals surface area contributed by atoms with Crippen LogP contribution in [-0.2, 0) is 11.2 Å². The topological polar surface area (TPSA) is 57.8 Å². The molecule has 0 radical (unpaired) electrons. The first-order valence-corrected chi connectivity index (χ1v) is 5.41. The third-order valence-corrected chi connectivity index (χ3v) is 1.95. The summed E-state index contributed by atoms with van der Waals surface area (Å²) in [7, 11) is 0. The molecule has 1 heterocycles. The number of carbonyl (C=O) groups excluding carboxylic acids is 1. The van der Waals surface area contributed by atoms with Crippen molar-refractivity contribution in [2.45, 2.75) is 26.7 Å². The number of allylic oxidation sites excluding steroid dienone is 3. The zero-order valence-corrected chi connectivity index (χ0v) is 9.66. The summed E-state index contributed by atoms with van der Waals surface area (Å²) in [5.41, 5.74) is 1.04. The normalized spacial score (nSPS) is 11.4. The number of amides is 1. The van der Waals surface area contributed by atoms with Crippen LogP contribution in [0.15, 0.2) is 30.4 Å². The molecule has 1 aromatic heterocycles. The summed E-state index contributed by atoms with van der Waals surface area (Å²) in [5.74, 6) is 0.395. The van der Waals surface area contributed by atoms with E-state index in [0.717, 1.165) is 18.5 Å². The van der Waals surface area contributed by atoms with Gasteiger partial charge in [-0.25, -0.2) is 0 Å². The van der Waals surface area contributed by atoms with Gasteiger partial charge in [0, 0.05) is 17.8 Å². The van der Waals surface area contributed by atoms with Gasteiger partial charge >= 0.3 is 0 Å². The van der Waals surface area contributed by atoms with Gasteiger partial charge in [-0.05, 0) is 13.3 Å². The second kappa shape index (κ2) is 6.61. The van der Waals surface area contributed by atoms with E-state index in [1.807, 2.05) is 19.1 Å². The van der Waals surface area contributed by atoms with E-state index >= 15 is 0 Å². The van der Waals surface area contributed by atoms with E-state index in [4.69, 9.17) is 0 Å². The van der Waals surface area contributed by atoms with Gasteiger partial charge in [0.2, 0.25) is 5.91 Å². The largest absolute Gasteiger partial charge is 0.306 e. The number of nitrogens with one attached hydrogen (secondary N) is 2. The third kappa shape index (κ3) is 4.13. The van der Waals surface area contributed by atoms with E-state index < -0.39 is 0 Å². The molecular weight excluding hydrogens is 202 g/mol. The van der Waals surface area contributed by atoms with Crippen LogP contribution in [0, 0.1) is 0 Å². The Morgan fingerprint density at radius 2 is 2.38 bits per heavy atom.